The zero-order valence-electron chi connectivity index (χ0n) is 17.8. The number of hydrogen-bond donors (Lipinski definition) is 1. The van der Waals surface area contributed by atoms with E-state index in [0.717, 1.165) is 16.7 Å². The maximum atomic E-state index is 13.0. The summed E-state index contributed by atoms with van der Waals surface area (Å²) in [5.74, 6) is 0.410. The lowest BCUT2D eigenvalue weighted by molar-refractivity contribution is -0.127. The molecule has 1 heterocycles. The van der Waals surface area contributed by atoms with Crippen molar-refractivity contribution in [2.75, 3.05) is 23.4 Å². The second kappa shape index (κ2) is 7.74. The van der Waals surface area contributed by atoms with Crippen LogP contribution in [0.25, 0.3) is 0 Å². The minimum absolute atomic E-state index is 0.0372. The van der Waals surface area contributed by atoms with Gasteiger partial charge in [-0.05, 0) is 63.9 Å². The minimum Gasteiger partial charge on any atom is -0.490 e. The van der Waals surface area contributed by atoms with E-state index in [0.29, 0.717) is 35.8 Å². The van der Waals surface area contributed by atoms with Crippen molar-refractivity contribution in [1.82, 2.24) is 0 Å². The van der Waals surface area contributed by atoms with Crippen LogP contribution in [0.1, 0.15) is 40.9 Å². The first-order chi connectivity index (χ1) is 13.6. The van der Waals surface area contributed by atoms with Crippen LogP contribution in [0.5, 0.6) is 5.75 Å². The summed E-state index contributed by atoms with van der Waals surface area (Å²) >= 11 is 0. The van der Waals surface area contributed by atoms with Gasteiger partial charge in [0.05, 0.1) is 11.1 Å². The second-order valence-electron chi connectivity index (χ2n) is 8.29. The number of hydrogen-bond acceptors (Lipinski definition) is 3. The molecular formula is C24H28N2O3. The monoisotopic (exact) mass is 392 g/mol. The number of nitrogens with one attached hydrogen (secondary N) is 1. The van der Waals surface area contributed by atoms with Crippen LogP contribution in [-0.4, -0.2) is 25.0 Å². The smallest absolute Gasteiger partial charge is 0.256 e. The number of ether oxygens (including phenoxy) is 1. The number of nitrogens with zero attached hydrogens (tertiary/aromatic N) is 1. The Morgan fingerprint density at radius 1 is 1.21 bits per heavy atom. The van der Waals surface area contributed by atoms with E-state index in [1.165, 1.54) is 0 Å². The lowest BCUT2D eigenvalue weighted by Gasteiger charge is -2.27. The molecule has 0 saturated heterocycles. The summed E-state index contributed by atoms with van der Waals surface area (Å²) in [6.45, 7) is 14.0. The molecule has 0 bridgehead atoms. The fourth-order valence-electron chi connectivity index (χ4n) is 3.76. The summed E-state index contributed by atoms with van der Waals surface area (Å²) < 4.78 is 5.90. The van der Waals surface area contributed by atoms with Crippen LogP contribution in [-0.2, 0) is 4.79 Å². The summed E-state index contributed by atoms with van der Waals surface area (Å²) in [5, 5.41) is 2.97. The van der Waals surface area contributed by atoms with Crippen molar-refractivity contribution in [2.24, 2.45) is 5.41 Å². The van der Waals surface area contributed by atoms with E-state index < -0.39 is 5.41 Å². The highest BCUT2D eigenvalue weighted by atomic mass is 16.5. The summed E-state index contributed by atoms with van der Waals surface area (Å²) in [6.07, 6.45) is 1.69. The maximum Gasteiger partial charge on any atom is 0.256 e. The van der Waals surface area contributed by atoms with Crippen molar-refractivity contribution in [3.05, 3.63) is 65.2 Å². The Hall–Kier alpha value is -3.08. The molecule has 2 aromatic rings. The highest BCUT2D eigenvalue weighted by molar-refractivity contribution is 6.07. The molecular weight excluding hydrogens is 364 g/mol. The Balaban J connectivity index is 1.96. The van der Waals surface area contributed by atoms with Gasteiger partial charge in [-0.25, -0.2) is 0 Å². The molecule has 2 aromatic carbocycles. The van der Waals surface area contributed by atoms with Crippen LogP contribution in [0.15, 0.2) is 43.0 Å². The van der Waals surface area contributed by atoms with Gasteiger partial charge in [-0.3, -0.25) is 9.59 Å². The molecule has 2 amide bonds. The number of aryl methyl sites for hydroxylation is 3. The molecule has 1 aliphatic rings. The van der Waals surface area contributed by atoms with Crippen LogP contribution in [0, 0.1) is 26.2 Å². The zero-order chi connectivity index (χ0) is 21.3. The second-order valence-corrected chi connectivity index (χ2v) is 8.29. The first-order valence-corrected chi connectivity index (χ1v) is 9.73. The molecule has 0 radical (unpaired) electrons. The van der Waals surface area contributed by atoms with Crippen molar-refractivity contribution < 1.29 is 14.3 Å². The fraction of sp³-hybridized carbons (Fsp3) is 0.333. The van der Waals surface area contributed by atoms with Crippen molar-refractivity contribution in [2.45, 2.75) is 34.6 Å². The molecule has 0 atom stereocenters. The number of anilines is 2. The number of carbonyl (C=O) groups is 2. The van der Waals surface area contributed by atoms with Crippen molar-refractivity contribution in [1.29, 1.82) is 0 Å². The van der Waals surface area contributed by atoms with E-state index in [1.807, 2.05) is 46.8 Å². The quantitative estimate of drug-likeness (QED) is 0.760. The molecule has 0 aliphatic carbocycles. The third-order valence-corrected chi connectivity index (χ3v) is 5.14. The molecule has 1 N–H and O–H groups in total. The van der Waals surface area contributed by atoms with Crippen molar-refractivity contribution in [3.63, 3.8) is 0 Å². The number of fused-ring (bicyclic) bond motifs is 1. The van der Waals surface area contributed by atoms with Gasteiger partial charge in [-0.15, -0.1) is 6.58 Å². The largest absolute Gasteiger partial charge is 0.490 e. The van der Waals surface area contributed by atoms with Crippen molar-refractivity contribution in [3.8, 4) is 5.75 Å². The highest BCUT2D eigenvalue weighted by Crippen LogP contribution is 2.38. The summed E-state index contributed by atoms with van der Waals surface area (Å²) in [4.78, 5) is 27.6. The highest BCUT2D eigenvalue weighted by Gasteiger charge is 2.37. The Morgan fingerprint density at radius 2 is 1.86 bits per heavy atom. The molecule has 29 heavy (non-hydrogen) atoms. The van der Waals surface area contributed by atoms with Crippen LogP contribution < -0.4 is 15.0 Å². The summed E-state index contributed by atoms with van der Waals surface area (Å²) in [5.41, 5.74) is 4.25. The third kappa shape index (κ3) is 4.04. The lowest BCUT2D eigenvalue weighted by atomic mass is 9.93. The predicted molar refractivity (Wildman–Crippen MR) is 117 cm³/mol. The van der Waals surface area contributed by atoms with Gasteiger partial charge >= 0.3 is 0 Å². The fourth-order valence-corrected chi connectivity index (χ4v) is 3.76. The van der Waals surface area contributed by atoms with Crippen LogP contribution >= 0.6 is 0 Å². The first-order valence-electron chi connectivity index (χ1n) is 9.73. The van der Waals surface area contributed by atoms with Gasteiger partial charge in [0.2, 0.25) is 5.91 Å². The van der Waals surface area contributed by atoms with Crippen molar-refractivity contribution >= 4 is 23.2 Å². The Morgan fingerprint density at radius 3 is 2.48 bits per heavy atom. The van der Waals surface area contributed by atoms with Crippen LogP contribution in [0.4, 0.5) is 11.4 Å². The molecule has 152 valence electrons. The molecule has 0 saturated carbocycles. The molecule has 5 nitrogen and oxygen atoms in total. The average Bonchev–Trinajstić information content (AvgIpc) is 2.71. The maximum absolute atomic E-state index is 13.0. The topological polar surface area (TPSA) is 58.6 Å². The van der Waals surface area contributed by atoms with Gasteiger partial charge in [0.1, 0.15) is 12.4 Å². The minimum atomic E-state index is -0.651. The molecule has 0 spiro atoms. The first kappa shape index (κ1) is 20.6. The Labute approximate surface area is 172 Å². The number of rotatable bonds is 4. The molecule has 3 rings (SSSR count). The molecule has 0 unspecified atom stereocenters. The predicted octanol–water partition coefficient (Wildman–Crippen LogP) is 4.80. The Bertz CT molecular complexity index is 969. The summed E-state index contributed by atoms with van der Waals surface area (Å²) in [7, 11) is 0. The van der Waals surface area contributed by atoms with Gasteiger partial charge < -0.3 is 15.0 Å². The van der Waals surface area contributed by atoms with Crippen LogP contribution in [0.3, 0.4) is 0 Å². The van der Waals surface area contributed by atoms with Gasteiger partial charge in [0.15, 0.2) is 0 Å². The van der Waals surface area contributed by atoms with E-state index in [9.17, 15) is 9.59 Å². The molecule has 0 aromatic heterocycles. The van der Waals surface area contributed by atoms with Crippen LogP contribution in [0.2, 0.25) is 0 Å². The zero-order valence-corrected chi connectivity index (χ0v) is 17.8. The van der Waals surface area contributed by atoms with E-state index in [1.54, 1.807) is 29.2 Å². The molecule has 5 heteroatoms. The normalized spacial score (nSPS) is 15.2. The number of benzene rings is 2. The molecule has 0 fully saturated rings. The number of amides is 2. The van der Waals surface area contributed by atoms with Gasteiger partial charge in [0.25, 0.3) is 5.91 Å². The third-order valence-electron chi connectivity index (χ3n) is 5.14. The Kier molecular flexibility index (Phi) is 5.51. The van der Waals surface area contributed by atoms with E-state index >= 15 is 0 Å². The van der Waals surface area contributed by atoms with E-state index in [4.69, 9.17) is 4.74 Å². The number of carbonyl (C=O) groups excluding carboxylic acids is 2. The van der Waals surface area contributed by atoms with Gasteiger partial charge in [-0.1, -0.05) is 23.8 Å². The lowest BCUT2D eigenvalue weighted by Crippen LogP contribution is -2.42. The van der Waals surface area contributed by atoms with Gasteiger partial charge in [-0.2, -0.15) is 0 Å². The standard InChI is InChI=1S/C24H28N2O3/c1-7-10-26-19-13-18(8-9-20(19)29-14-24(5,6)23(26)28)25-22(27)21-16(3)11-15(2)12-17(21)4/h7-9,11-13H,1,10,14H2,2-6H3,(H,25,27). The van der Waals surface area contributed by atoms with E-state index in [2.05, 4.69) is 11.9 Å². The average molecular weight is 392 g/mol. The van der Waals surface area contributed by atoms with Gasteiger partial charge in [0, 0.05) is 17.8 Å². The summed E-state index contributed by atoms with van der Waals surface area (Å²) in [6, 6.07) is 9.38. The van der Waals surface area contributed by atoms with E-state index in [-0.39, 0.29) is 11.8 Å². The molecule has 1 aliphatic heterocycles. The SMILES string of the molecule is C=CCN1C(=O)C(C)(C)COc2ccc(NC(=O)c3c(C)cc(C)cc3C)cc21.